The molecular weight excluding hydrogens is 358 g/mol. The van der Waals surface area contributed by atoms with E-state index in [1.807, 2.05) is 20.8 Å². The Hall–Kier alpha value is -2.13. The van der Waals surface area contributed by atoms with Crippen molar-refractivity contribution in [1.82, 2.24) is 4.90 Å². The van der Waals surface area contributed by atoms with Gasteiger partial charge >= 0.3 is 5.97 Å². The minimum Gasteiger partial charge on any atom is -0.460 e. The molecule has 0 N–H and O–H groups in total. The minimum absolute atomic E-state index is 0.0412. The lowest BCUT2D eigenvalue weighted by atomic mass is 9.82. The van der Waals surface area contributed by atoms with Crippen LogP contribution in [0.25, 0.3) is 0 Å². The largest absolute Gasteiger partial charge is 0.460 e. The van der Waals surface area contributed by atoms with E-state index in [0.717, 1.165) is 32.2 Å². The summed E-state index contributed by atoms with van der Waals surface area (Å²) in [5.41, 5.74) is 2.12. The number of hydrogen-bond donors (Lipinski definition) is 0. The third kappa shape index (κ3) is 5.93. The van der Waals surface area contributed by atoms with Gasteiger partial charge in [0.2, 0.25) is 0 Å². The van der Waals surface area contributed by atoms with E-state index in [0.29, 0.717) is 0 Å². The average Bonchev–Trinajstić information content (AvgIpc) is 2.72. The molecule has 3 atom stereocenters. The van der Waals surface area contributed by atoms with Crippen molar-refractivity contribution in [3.8, 4) is 0 Å². The number of carbonyl (C=O) groups is 1. The van der Waals surface area contributed by atoms with Crippen LogP contribution in [-0.4, -0.2) is 22.5 Å². The molecule has 2 aromatic rings. The summed E-state index contributed by atoms with van der Waals surface area (Å²) in [6, 6.07) is 21.6. The smallest absolute Gasteiger partial charge is 0.311 e. The highest BCUT2D eigenvalue weighted by Gasteiger charge is 2.39. The molecule has 0 unspecified atom stereocenters. The van der Waals surface area contributed by atoms with Crippen molar-refractivity contribution in [2.45, 2.75) is 77.6 Å². The second-order valence-corrected chi connectivity index (χ2v) is 9.24. The van der Waals surface area contributed by atoms with Crippen LogP contribution >= 0.6 is 0 Å². The zero-order valence-electron chi connectivity index (χ0n) is 18.3. The van der Waals surface area contributed by atoms with E-state index in [9.17, 15) is 4.79 Å². The first-order valence-corrected chi connectivity index (χ1v) is 10.9. The molecule has 0 radical (unpaired) electrons. The Bertz CT molecular complexity index is 766. The lowest BCUT2D eigenvalue weighted by Crippen LogP contribution is -2.47. The monoisotopic (exact) mass is 393 g/mol. The third-order valence-electron chi connectivity index (χ3n) is 5.85. The molecule has 3 rings (SSSR count). The van der Waals surface area contributed by atoms with E-state index in [1.165, 1.54) is 11.1 Å². The van der Waals surface area contributed by atoms with Crippen molar-refractivity contribution in [2.75, 3.05) is 0 Å². The number of benzene rings is 2. The lowest BCUT2D eigenvalue weighted by molar-refractivity contribution is -0.164. The Kier molecular flexibility index (Phi) is 7.13. The predicted octanol–water partition coefficient (Wildman–Crippen LogP) is 6.15. The fraction of sp³-hybridized carbons (Fsp3) is 0.500. The fourth-order valence-electron chi connectivity index (χ4n) is 4.42. The lowest BCUT2D eigenvalue weighted by Gasteiger charge is -2.43. The van der Waals surface area contributed by atoms with E-state index in [2.05, 4.69) is 72.5 Å². The maximum absolute atomic E-state index is 13.1. The van der Waals surface area contributed by atoms with Crippen LogP contribution in [0.3, 0.4) is 0 Å². The summed E-state index contributed by atoms with van der Waals surface area (Å²) < 4.78 is 5.83. The van der Waals surface area contributed by atoms with E-state index in [1.54, 1.807) is 0 Å². The molecule has 3 nitrogen and oxygen atoms in total. The third-order valence-corrected chi connectivity index (χ3v) is 5.85. The fourth-order valence-corrected chi connectivity index (χ4v) is 4.42. The van der Waals surface area contributed by atoms with Gasteiger partial charge in [-0.1, -0.05) is 73.5 Å². The van der Waals surface area contributed by atoms with Gasteiger partial charge in [-0.3, -0.25) is 9.69 Å². The molecule has 1 fully saturated rings. The maximum atomic E-state index is 13.1. The van der Waals surface area contributed by atoms with Gasteiger partial charge in [0.05, 0.1) is 5.92 Å². The summed E-state index contributed by atoms with van der Waals surface area (Å²) in [4.78, 5) is 15.6. The summed E-state index contributed by atoms with van der Waals surface area (Å²) in [5.74, 6) is -0.113. The second-order valence-electron chi connectivity index (χ2n) is 9.24. The average molecular weight is 394 g/mol. The quantitative estimate of drug-likeness (QED) is 0.551. The molecule has 1 aliphatic carbocycles. The molecule has 0 heterocycles. The van der Waals surface area contributed by atoms with Crippen molar-refractivity contribution >= 4 is 5.97 Å². The normalized spacial score (nSPS) is 21.0. The molecule has 0 amide bonds. The summed E-state index contributed by atoms with van der Waals surface area (Å²) in [7, 11) is 0. The van der Waals surface area contributed by atoms with Crippen molar-refractivity contribution < 1.29 is 9.53 Å². The Labute approximate surface area is 176 Å². The molecule has 2 aromatic carbocycles. The summed E-state index contributed by atoms with van der Waals surface area (Å²) >= 11 is 0. The van der Waals surface area contributed by atoms with Gasteiger partial charge in [0.25, 0.3) is 0 Å². The van der Waals surface area contributed by atoms with Crippen LogP contribution in [0.1, 0.15) is 70.5 Å². The minimum atomic E-state index is -0.450. The summed E-state index contributed by atoms with van der Waals surface area (Å²) in [6.45, 7) is 8.96. The van der Waals surface area contributed by atoms with E-state index < -0.39 is 5.60 Å². The summed E-state index contributed by atoms with van der Waals surface area (Å²) in [6.07, 6.45) is 4.20. The predicted molar refractivity (Wildman–Crippen MR) is 118 cm³/mol. The zero-order chi connectivity index (χ0) is 20.9. The highest BCUT2D eigenvalue weighted by atomic mass is 16.6. The molecule has 0 spiro atoms. The Morgan fingerprint density at radius 2 is 1.59 bits per heavy atom. The Morgan fingerprint density at radius 1 is 1.00 bits per heavy atom. The van der Waals surface area contributed by atoms with Crippen LogP contribution in [0, 0.1) is 5.92 Å². The number of nitrogens with zero attached hydrogens (tertiary/aromatic N) is 1. The molecule has 0 aromatic heterocycles. The second kappa shape index (κ2) is 9.58. The first kappa shape index (κ1) is 21.6. The molecule has 0 saturated heterocycles. The molecular formula is C26H35NO2. The zero-order valence-corrected chi connectivity index (χ0v) is 18.3. The van der Waals surface area contributed by atoms with Crippen LogP contribution in [0.5, 0.6) is 0 Å². The number of hydrogen-bond acceptors (Lipinski definition) is 3. The standard InChI is InChI=1S/C26H35NO2/c1-20(22-15-9-6-10-16-22)27(19-21-13-7-5-8-14-21)24-18-12-11-17-23(24)25(28)29-26(2,3)4/h5-10,13-16,20,23-24H,11-12,17-19H2,1-4H3/t20-,23-,24-/m1/s1. The van der Waals surface area contributed by atoms with Gasteiger partial charge in [-0.05, 0) is 51.7 Å². The first-order valence-electron chi connectivity index (χ1n) is 10.9. The van der Waals surface area contributed by atoms with Gasteiger partial charge in [-0.15, -0.1) is 0 Å². The summed E-state index contributed by atoms with van der Waals surface area (Å²) in [5, 5.41) is 0. The molecule has 3 heteroatoms. The van der Waals surface area contributed by atoms with Crippen molar-refractivity contribution in [3.63, 3.8) is 0 Å². The Balaban J connectivity index is 1.90. The van der Waals surface area contributed by atoms with Crippen LogP contribution in [0.2, 0.25) is 0 Å². The highest BCUT2D eigenvalue weighted by molar-refractivity contribution is 5.74. The van der Waals surface area contributed by atoms with Gasteiger partial charge in [0.15, 0.2) is 0 Å². The molecule has 156 valence electrons. The van der Waals surface area contributed by atoms with Crippen LogP contribution < -0.4 is 0 Å². The Morgan fingerprint density at radius 3 is 2.21 bits per heavy atom. The highest BCUT2D eigenvalue weighted by Crippen LogP contribution is 2.36. The van der Waals surface area contributed by atoms with Crippen molar-refractivity contribution in [1.29, 1.82) is 0 Å². The molecule has 29 heavy (non-hydrogen) atoms. The van der Waals surface area contributed by atoms with Crippen molar-refractivity contribution in [3.05, 3.63) is 71.8 Å². The van der Waals surface area contributed by atoms with E-state index >= 15 is 0 Å². The van der Waals surface area contributed by atoms with Crippen LogP contribution in [-0.2, 0) is 16.1 Å². The van der Waals surface area contributed by atoms with Gasteiger partial charge in [-0.25, -0.2) is 0 Å². The molecule has 0 bridgehead atoms. The van der Waals surface area contributed by atoms with Gasteiger partial charge in [0, 0.05) is 18.6 Å². The first-order chi connectivity index (χ1) is 13.8. The molecule has 0 aliphatic heterocycles. The molecule has 1 aliphatic rings. The van der Waals surface area contributed by atoms with E-state index in [-0.39, 0.29) is 24.0 Å². The maximum Gasteiger partial charge on any atom is 0.311 e. The number of ether oxygens (including phenoxy) is 1. The van der Waals surface area contributed by atoms with Crippen molar-refractivity contribution in [2.24, 2.45) is 5.92 Å². The van der Waals surface area contributed by atoms with Gasteiger partial charge in [-0.2, -0.15) is 0 Å². The number of rotatable bonds is 6. The van der Waals surface area contributed by atoms with E-state index in [4.69, 9.17) is 4.74 Å². The van der Waals surface area contributed by atoms with Crippen LogP contribution in [0.15, 0.2) is 60.7 Å². The number of carbonyl (C=O) groups excluding carboxylic acids is 1. The SMILES string of the molecule is C[C@H](c1ccccc1)N(Cc1ccccc1)[C@@H]1CCCC[C@H]1C(=O)OC(C)(C)C. The van der Waals surface area contributed by atoms with Crippen LogP contribution in [0.4, 0.5) is 0 Å². The number of esters is 1. The topological polar surface area (TPSA) is 29.5 Å². The van der Waals surface area contributed by atoms with Gasteiger partial charge in [0.1, 0.15) is 5.60 Å². The van der Waals surface area contributed by atoms with Gasteiger partial charge < -0.3 is 4.74 Å². The molecule has 1 saturated carbocycles.